The topological polar surface area (TPSA) is 76.1 Å². The average molecular weight is 390 g/mol. The lowest BCUT2D eigenvalue weighted by Gasteiger charge is -2.15. The Hall–Kier alpha value is -3.41. The van der Waals surface area contributed by atoms with Gasteiger partial charge in [0.2, 0.25) is 5.95 Å². The number of benzene rings is 2. The van der Waals surface area contributed by atoms with E-state index in [1.165, 1.54) is 11.1 Å². The van der Waals surface area contributed by atoms with Gasteiger partial charge in [0.1, 0.15) is 11.4 Å². The minimum absolute atomic E-state index is 0.00288. The summed E-state index contributed by atoms with van der Waals surface area (Å²) in [7, 11) is 0. The Kier molecular flexibility index (Phi) is 6.12. The lowest BCUT2D eigenvalue weighted by molar-refractivity contribution is 0.102. The van der Waals surface area contributed by atoms with Crippen molar-refractivity contribution in [3.63, 3.8) is 0 Å². The van der Waals surface area contributed by atoms with Crippen LogP contribution in [0.1, 0.15) is 41.2 Å². The summed E-state index contributed by atoms with van der Waals surface area (Å²) in [5.41, 5.74) is 4.84. The molecule has 0 fully saturated rings. The lowest BCUT2D eigenvalue weighted by Crippen LogP contribution is -2.17. The lowest BCUT2D eigenvalue weighted by atomic mass is 10.1. The number of nitrogens with zero attached hydrogens (tertiary/aromatic N) is 2. The van der Waals surface area contributed by atoms with E-state index < -0.39 is 0 Å². The van der Waals surface area contributed by atoms with Gasteiger partial charge in [-0.15, -0.1) is 0 Å². The Balaban J connectivity index is 1.82. The van der Waals surface area contributed by atoms with Gasteiger partial charge in [-0.1, -0.05) is 18.2 Å². The molecule has 0 bridgehead atoms. The SMILES string of the molecule is Cc1cc(C(=O)Nc2ccccc2OC(C)C)nc(Nc2ccc(C)c(C)c2)n1. The first-order valence-electron chi connectivity index (χ1n) is 9.59. The first kappa shape index (κ1) is 20.3. The van der Waals surface area contributed by atoms with Crippen LogP contribution in [0.3, 0.4) is 0 Å². The van der Waals surface area contributed by atoms with Crippen molar-refractivity contribution in [3.05, 3.63) is 71.0 Å². The molecule has 0 aliphatic rings. The fourth-order valence-electron chi connectivity index (χ4n) is 2.80. The summed E-state index contributed by atoms with van der Waals surface area (Å²) in [6, 6.07) is 15.0. The maximum atomic E-state index is 12.8. The first-order chi connectivity index (χ1) is 13.8. The van der Waals surface area contributed by atoms with Gasteiger partial charge in [0.15, 0.2) is 0 Å². The number of ether oxygens (including phenoxy) is 1. The molecular weight excluding hydrogens is 364 g/mol. The Bertz CT molecular complexity index is 1030. The van der Waals surface area contributed by atoms with Crippen molar-refractivity contribution >= 4 is 23.2 Å². The maximum absolute atomic E-state index is 12.8. The van der Waals surface area contributed by atoms with Crippen molar-refractivity contribution in [2.24, 2.45) is 0 Å². The van der Waals surface area contributed by atoms with Crippen LogP contribution in [0.5, 0.6) is 5.75 Å². The van der Waals surface area contributed by atoms with E-state index in [0.717, 1.165) is 5.69 Å². The zero-order valence-electron chi connectivity index (χ0n) is 17.4. The summed E-state index contributed by atoms with van der Waals surface area (Å²) >= 11 is 0. The molecular formula is C23H26N4O2. The van der Waals surface area contributed by atoms with Crippen molar-refractivity contribution in [2.75, 3.05) is 10.6 Å². The van der Waals surface area contributed by atoms with Crippen molar-refractivity contribution in [2.45, 2.75) is 40.7 Å². The summed E-state index contributed by atoms with van der Waals surface area (Å²) in [4.78, 5) is 21.6. The standard InChI is InChI=1S/C23H26N4O2/c1-14(2)29-21-9-7-6-8-19(21)26-22(28)20-13-17(5)24-23(27-20)25-18-11-10-15(3)16(4)12-18/h6-14H,1-5H3,(H,26,28)(H,24,25,27). The predicted octanol–water partition coefficient (Wildman–Crippen LogP) is 5.18. The number of para-hydroxylation sites is 2. The van der Waals surface area contributed by atoms with Crippen LogP contribution in [0, 0.1) is 20.8 Å². The molecule has 0 saturated carbocycles. The van der Waals surface area contributed by atoms with Gasteiger partial charge in [-0.25, -0.2) is 9.97 Å². The monoisotopic (exact) mass is 390 g/mol. The number of carbonyl (C=O) groups excluding carboxylic acids is 1. The third-order valence-electron chi connectivity index (χ3n) is 4.35. The predicted molar refractivity (Wildman–Crippen MR) is 116 cm³/mol. The summed E-state index contributed by atoms with van der Waals surface area (Å²) < 4.78 is 5.77. The zero-order valence-corrected chi connectivity index (χ0v) is 17.4. The Labute approximate surface area is 171 Å². The molecule has 3 aromatic rings. The van der Waals surface area contributed by atoms with Crippen molar-refractivity contribution < 1.29 is 9.53 Å². The number of aromatic nitrogens is 2. The van der Waals surface area contributed by atoms with E-state index in [1.807, 2.05) is 64.1 Å². The number of anilines is 3. The second kappa shape index (κ2) is 8.73. The second-order valence-electron chi connectivity index (χ2n) is 7.26. The van der Waals surface area contributed by atoms with E-state index in [0.29, 0.717) is 23.1 Å². The van der Waals surface area contributed by atoms with Crippen LogP contribution in [0.4, 0.5) is 17.3 Å². The van der Waals surface area contributed by atoms with E-state index >= 15 is 0 Å². The average Bonchev–Trinajstić information content (AvgIpc) is 2.65. The highest BCUT2D eigenvalue weighted by molar-refractivity contribution is 6.03. The smallest absolute Gasteiger partial charge is 0.274 e. The molecule has 0 spiro atoms. The number of rotatable bonds is 6. The number of carbonyl (C=O) groups is 1. The second-order valence-corrected chi connectivity index (χ2v) is 7.26. The third kappa shape index (κ3) is 5.31. The highest BCUT2D eigenvalue weighted by Crippen LogP contribution is 2.25. The van der Waals surface area contributed by atoms with Crippen LogP contribution in [0.25, 0.3) is 0 Å². The molecule has 0 aliphatic carbocycles. The summed E-state index contributed by atoms with van der Waals surface area (Å²) in [6.45, 7) is 9.83. The van der Waals surface area contributed by atoms with E-state index in [-0.39, 0.29) is 17.7 Å². The van der Waals surface area contributed by atoms with Crippen molar-refractivity contribution in [1.29, 1.82) is 0 Å². The fraction of sp³-hybridized carbons (Fsp3) is 0.261. The van der Waals surface area contributed by atoms with Gasteiger partial charge < -0.3 is 15.4 Å². The van der Waals surface area contributed by atoms with Crippen molar-refractivity contribution in [3.8, 4) is 5.75 Å². The molecule has 2 aromatic carbocycles. The maximum Gasteiger partial charge on any atom is 0.274 e. The molecule has 0 unspecified atom stereocenters. The van der Waals surface area contributed by atoms with Gasteiger partial charge in [-0.2, -0.15) is 0 Å². The summed E-state index contributed by atoms with van der Waals surface area (Å²) in [6.07, 6.45) is 0.00288. The van der Waals surface area contributed by atoms with Gasteiger partial charge >= 0.3 is 0 Å². The Morgan fingerprint density at radius 3 is 2.45 bits per heavy atom. The molecule has 2 N–H and O–H groups in total. The Morgan fingerprint density at radius 2 is 1.72 bits per heavy atom. The largest absolute Gasteiger partial charge is 0.489 e. The van der Waals surface area contributed by atoms with E-state index in [2.05, 4.69) is 27.5 Å². The Morgan fingerprint density at radius 1 is 0.966 bits per heavy atom. The first-order valence-corrected chi connectivity index (χ1v) is 9.59. The number of nitrogens with one attached hydrogen (secondary N) is 2. The molecule has 1 heterocycles. The zero-order chi connectivity index (χ0) is 21.0. The molecule has 150 valence electrons. The number of amides is 1. The van der Waals surface area contributed by atoms with Gasteiger partial charge in [-0.05, 0) is 76.1 Å². The molecule has 6 nitrogen and oxygen atoms in total. The molecule has 1 aromatic heterocycles. The fourth-order valence-corrected chi connectivity index (χ4v) is 2.80. The van der Waals surface area contributed by atoms with Crippen LogP contribution in [0.2, 0.25) is 0 Å². The highest BCUT2D eigenvalue weighted by Gasteiger charge is 2.14. The summed E-state index contributed by atoms with van der Waals surface area (Å²) in [5, 5.41) is 6.07. The number of hydrogen-bond donors (Lipinski definition) is 2. The van der Waals surface area contributed by atoms with Crippen LogP contribution >= 0.6 is 0 Å². The highest BCUT2D eigenvalue weighted by atomic mass is 16.5. The molecule has 0 saturated heterocycles. The van der Waals surface area contributed by atoms with Gasteiger partial charge in [-0.3, -0.25) is 4.79 Å². The van der Waals surface area contributed by atoms with E-state index in [9.17, 15) is 4.79 Å². The number of aryl methyl sites for hydroxylation is 3. The van der Waals surface area contributed by atoms with Gasteiger partial charge in [0, 0.05) is 11.4 Å². The molecule has 29 heavy (non-hydrogen) atoms. The van der Waals surface area contributed by atoms with Gasteiger partial charge in [0.05, 0.1) is 11.8 Å². The third-order valence-corrected chi connectivity index (χ3v) is 4.35. The van der Waals surface area contributed by atoms with Crippen LogP contribution < -0.4 is 15.4 Å². The van der Waals surface area contributed by atoms with E-state index in [1.54, 1.807) is 12.1 Å². The van der Waals surface area contributed by atoms with Gasteiger partial charge in [0.25, 0.3) is 5.91 Å². The van der Waals surface area contributed by atoms with E-state index in [4.69, 9.17) is 4.74 Å². The summed E-state index contributed by atoms with van der Waals surface area (Å²) in [5.74, 6) is 0.679. The van der Waals surface area contributed by atoms with Crippen LogP contribution in [-0.2, 0) is 0 Å². The molecule has 1 amide bonds. The number of hydrogen-bond acceptors (Lipinski definition) is 5. The van der Waals surface area contributed by atoms with Crippen LogP contribution in [0.15, 0.2) is 48.5 Å². The molecule has 0 radical (unpaired) electrons. The minimum Gasteiger partial charge on any atom is -0.489 e. The van der Waals surface area contributed by atoms with Crippen LogP contribution in [-0.4, -0.2) is 22.0 Å². The quantitative estimate of drug-likeness (QED) is 0.606. The molecule has 3 rings (SSSR count). The molecule has 6 heteroatoms. The van der Waals surface area contributed by atoms with Crippen molar-refractivity contribution in [1.82, 2.24) is 9.97 Å². The molecule has 0 atom stereocenters. The molecule has 0 aliphatic heterocycles. The minimum atomic E-state index is -0.321. The normalized spacial score (nSPS) is 10.7.